The first-order chi connectivity index (χ1) is 34.2. The number of hydrogen-bond donors (Lipinski definition) is 0. The highest BCUT2D eigenvalue weighted by Crippen LogP contribution is 2.53. The number of benzene rings is 10. The summed E-state index contributed by atoms with van der Waals surface area (Å²) in [6.07, 6.45) is 9.26. The van der Waals surface area contributed by atoms with Gasteiger partial charge in [0, 0.05) is 38.8 Å². The summed E-state index contributed by atoms with van der Waals surface area (Å²) in [5.41, 5.74) is 20.4. The van der Waals surface area contributed by atoms with Crippen LogP contribution in [0.25, 0.3) is 99.5 Å². The van der Waals surface area contributed by atoms with E-state index < -0.39 is 0 Å². The maximum Gasteiger partial charge on any atom is 0.0723 e. The van der Waals surface area contributed by atoms with E-state index in [9.17, 15) is 0 Å². The van der Waals surface area contributed by atoms with Crippen LogP contribution in [-0.4, -0.2) is 15.2 Å². The van der Waals surface area contributed by atoms with Gasteiger partial charge in [0.2, 0.25) is 0 Å². The molecule has 2 aromatic heterocycles. The molecule has 1 aliphatic heterocycles. The third-order valence-electron chi connectivity index (χ3n) is 14.6. The maximum atomic E-state index is 2.59. The summed E-state index contributed by atoms with van der Waals surface area (Å²) in [6.45, 7) is 0. The molecule has 0 radical (unpaired) electrons. The smallest absolute Gasteiger partial charge is 0.0723 e. The van der Waals surface area contributed by atoms with Gasteiger partial charge >= 0.3 is 0 Å². The van der Waals surface area contributed by atoms with E-state index in [0.29, 0.717) is 0 Å². The molecule has 2 atom stereocenters. The zero-order valence-corrected chi connectivity index (χ0v) is 37.8. The molecule has 2 aliphatic rings. The normalized spacial score (nSPS) is 15.1. The van der Waals surface area contributed by atoms with Gasteiger partial charge in [0.05, 0.1) is 39.5 Å². The molecule has 12 aromatic rings. The maximum absolute atomic E-state index is 2.59. The van der Waals surface area contributed by atoms with Gasteiger partial charge in [-0.2, -0.15) is 0 Å². The van der Waals surface area contributed by atoms with E-state index in [1.165, 1.54) is 105 Å². The Hall–Kier alpha value is -8.92. The van der Waals surface area contributed by atoms with Crippen molar-refractivity contribution in [1.29, 1.82) is 0 Å². The fourth-order valence-corrected chi connectivity index (χ4v) is 11.4. The largest absolute Gasteiger partial charge is 0.332 e. The van der Waals surface area contributed by atoms with Gasteiger partial charge in [-0.3, -0.25) is 0 Å². The lowest BCUT2D eigenvalue weighted by atomic mass is 9.91. The minimum absolute atomic E-state index is 0.101. The first kappa shape index (κ1) is 39.3. The van der Waals surface area contributed by atoms with E-state index in [2.05, 4.69) is 275 Å². The fourth-order valence-electron chi connectivity index (χ4n) is 11.4. The van der Waals surface area contributed by atoms with Gasteiger partial charge in [-0.1, -0.05) is 188 Å². The number of anilines is 2. The molecular weight excluding hydrogens is 835 g/mol. The Morgan fingerprint density at radius 2 is 0.667 bits per heavy atom. The van der Waals surface area contributed by atoms with Gasteiger partial charge in [-0.15, -0.1) is 0 Å². The monoisotopic (exact) mass is 879 g/mol. The predicted octanol–water partition coefficient (Wildman–Crippen LogP) is 17.3. The predicted molar refractivity (Wildman–Crippen MR) is 290 cm³/mol. The molecule has 69 heavy (non-hydrogen) atoms. The lowest BCUT2D eigenvalue weighted by Gasteiger charge is -2.30. The van der Waals surface area contributed by atoms with Crippen LogP contribution in [0.5, 0.6) is 0 Å². The average molecular weight is 880 g/mol. The van der Waals surface area contributed by atoms with Crippen LogP contribution in [0.4, 0.5) is 11.4 Å². The summed E-state index contributed by atoms with van der Waals surface area (Å²) in [5.74, 6) is 0.133. The van der Waals surface area contributed by atoms with E-state index >= 15 is 0 Å². The molecule has 0 amide bonds. The fraction of sp³-hybridized carbons (Fsp3) is 0.0303. The van der Waals surface area contributed by atoms with Gasteiger partial charge < -0.3 is 14.0 Å². The first-order valence-corrected chi connectivity index (χ1v) is 24.0. The number of rotatable bonds is 7. The molecule has 0 bridgehead atoms. The van der Waals surface area contributed by atoms with Gasteiger partial charge in [0.15, 0.2) is 0 Å². The lowest BCUT2D eigenvalue weighted by Crippen LogP contribution is -2.28. The van der Waals surface area contributed by atoms with Gasteiger partial charge in [0.1, 0.15) is 0 Å². The molecule has 14 rings (SSSR count). The summed E-state index contributed by atoms with van der Waals surface area (Å²) < 4.78 is 5.08. The molecule has 324 valence electrons. The van der Waals surface area contributed by atoms with E-state index in [0.717, 1.165) is 11.4 Å². The van der Waals surface area contributed by atoms with Crippen molar-refractivity contribution in [3.63, 3.8) is 0 Å². The molecule has 0 fully saturated rings. The van der Waals surface area contributed by atoms with E-state index in [1.54, 1.807) is 0 Å². The van der Waals surface area contributed by atoms with Crippen LogP contribution in [0, 0.1) is 0 Å². The summed E-state index contributed by atoms with van der Waals surface area (Å²) in [5, 5.41) is 4.91. The number of fused-ring (bicyclic) bond motifs is 9. The minimum Gasteiger partial charge on any atom is -0.332 e. The van der Waals surface area contributed by atoms with Gasteiger partial charge in [-0.25, -0.2) is 0 Å². The molecule has 0 spiro atoms. The zero-order valence-electron chi connectivity index (χ0n) is 37.8. The van der Waals surface area contributed by atoms with Crippen LogP contribution in [0.1, 0.15) is 11.5 Å². The van der Waals surface area contributed by atoms with E-state index in [-0.39, 0.29) is 12.0 Å². The lowest BCUT2D eigenvalue weighted by molar-refractivity contribution is 0.744. The van der Waals surface area contributed by atoms with Crippen molar-refractivity contribution >= 4 is 55.0 Å². The van der Waals surface area contributed by atoms with Gasteiger partial charge in [-0.05, 0) is 123 Å². The van der Waals surface area contributed by atoms with E-state index in [4.69, 9.17) is 0 Å². The summed E-state index contributed by atoms with van der Waals surface area (Å²) in [4.78, 5) is 2.59. The SMILES string of the molecule is C1=CC2c3cc(-n4c5ccc(-c6ccccc6)cc5c5cc(-c6ccccc6)ccc54)cc(-n4c5ccc(-c6ccccc6)cc5c5cc(-c6ccccc6)ccc54)c3N(c3ccccc3)C2C=C1. The Balaban J connectivity index is 1.09. The molecule has 0 saturated heterocycles. The molecule has 0 N–H and O–H groups in total. The molecule has 0 saturated carbocycles. The quantitative estimate of drug-likeness (QED) is 0.155. The van der Waals surface area contributed by atoms with Crippen molar-refractivity contribution in [2.75, 3.05) is 4.90 Å². The van der Waals surface area contributed by atoms with Crippen LogP contribution in [0.3, 0.4) is 0 Å². The van der Waals surface area contributed by atoms with Crippen LogP contribution in [0.2, 0.25) is 0 Å². The number of nitrogens with zero attached hydrogens (tertiary/aromatic N) is 3. The highest BCUT2D eigenvalue weighted by atomic mass is 15.2. The number of para-hydroxylation sites is 1. The zero-order chi connectivity index (χ0) is 45.4. The molecule has 3 heteroatoms. The third kappa shape index (κ3) is 6.35. The third-order valence-corrected chi connectivity index (χ3v) is 14.6. The van der Waals surface area contributed by atoms with Crippen molar-refractivity contribution < 1.29 is 0 Å². The Morgan fingerprint density at radius 3 is 1.09 bits per heavy atom. The molecular formula is C66H45N3. The Bertz CT molecular complexity index is 3800. The van der Waals surface area contributed by atoms with E-state index in [1.807, 2.05) is 0 Å². The highest BCUT2D eigenvalue weighted by molar-refractivity contribution is 6.14. The molecule has 3 heterocycles. The molecule has 1 aliphatic carbocycles. The van der Waals surface area contributed by atoms with Crippen molar-refractivity contribution in [2.24, 2.45) is 0 Å². The topological polar surface area (TPSA) is 13.1 Å². The Labute approximate surface area is 401 Å². The van der Waals surface area contributed by atoms with Gasteiger partial charge in [0.25, 0.3) is 0 Å². The Morgan fingerprint density at radius 1 is 0.290 bits per heavy atom. The molecule has 2 unspecified atom stereocenters. The first-order valence-electron chi connectivity index (χ1n) is 24.0. The summed E-state index contributed by atoms with van der Waals surface area (Å²) in [6, 6.07) is 87.3. The number of allylic oxidation sites excluding steroid dienone is 2. The second kappa shape index (κ2) is 15.9. The second-order valence-corrected chi connectivity index (χ2v) is 18.5. The minimum atomic E-state index is 0.101. The number of aromatic nitrogens is 2. The standard InChI is InChI=1S/C66H45N3/c1-6-18-44(19-7-1)48-30-34-61-55(38-48)56-39-49(45-20-8-2-9-21-45)31-35-62(56)67(61)53-42-59-54-28-16-17-29-60(54)68(52-26-14-5-15-27-52)66(59)65(43-53)69-63-36-32-50(46-22-10-3-11-23-46)40-57(63)58-41-51(33-37-64(58)69)47-24-12-4-13-25-47/h1-43,54,60H. The molecule has 3 nitrogen and oxygen atoms in total. The van der Waals surface area contributed by atoms with Crippen LogP contribution >= 0.6 is 0 Å². The summed E-state index contributed by atoms with van der Waals surface area (Å²) >= 11 is 0. The Kier molecular flexibility index (Phi) is 9.03. The van der Waals surface area contributed by atoms with Crippen molar-refractivity contribution in [2.45, 2.75) is 12.0 Å². The molecule has 10 aromatic carbocycles. The second-order valence-electron chi connectivity index (χ2n) is 18.5. The summed E-state index contributed by atoms with van der Waals surface area (Å²) in [7, 11) is 0. The number of hydrogen-bond acceptors (Lipinski definition) is 1. The van der Waals surface area contributed by atoms with Crippen LogP contribution < -0.4 is 4.90 Å². The highest BCUT2D eigenvalue weighted by Gasteiger charge is 2.40. The van der Waals surface area contributed by atoms with Crippen LogP contribution in [-0.2, 0) is 0 Å². The van der Waals surface area contributed by atoms with Crippen molar-refractivity contribution in [3.8, 4) is 55.9 Å². The van der Waals surface area contributed by atoms with Crippen molar-refractivity contribution in [1.82, 2.24) is 9.13 Å². The van der Waals surface area contributed by atoms with Crippen LogP contribution in [0.15, 0.2) is 261 Å². The average Bonchev–Trinajstić information content (AvgIpc) is 4.06. The van der Waals surface area contributed by atoms with Crippen molar-refractivity contribution in [3.05, 3.63) is 266 Å².